The van der Waals surface area contributed by atoms with Crippen molar-refractivity contribution in [1.29, 1.82) is 0 Å². The van der Waals surface area contributed by atoms with Gasteiger partial charge in [0, 0.05) is 17.4 Å². The number of aryl methyl sites for hydroxylation is 1. The number of aromatic nitrogens is 1. The lowest BCUT2D eigenvalue weighted by Crippen LogP contribution is -2.13. The third-order valence-electron chi connectivity index (χ3n) is 2.67. The number of carboxylic acid groups (broad SMARTS) is 1. The molecule has 0 spiro atoms. The average molecular weight is 274 g/mol. The van der Waals surface area contributed by atoms with Gasteiger partial charge in [-0.15, -0.1) is 0 Å². The largest absolute Gasteiger partial charge is 0.477 e. The summed E-state index contributed by atoms with van der Waals surface area (Å²) in [5, 5.41) is 11.3. The highest BCUT2D eigenvalue weighted by Gasteiger charge is 2.10. The number of anilines is 1. The molecule has 0 aliphatic heterocycles. The molecule has 20 heavy (non-hydrogen) atoms. The molecule has 0 unspecified atom stereocenters. The SMILES string of the molecule is Cc1ccc(C(=O)Nc2ccnc(C(=O)O)c2)cc1F. The number of rotatable bonds is 3. The number of pyridine rings is 1. The summed E-state index contributed by atoms with van der Waals surface area (Å²) >= 11 is 0. The Balaban J connectivity index is 2.21. The van der Waals surface area contributed by atoms with E-state index in [9.17, 15) is 14.0 Å². The van der Waals surface area contributed by atoms with Crippen LogP contribution in [0.3, 0.4) is 0 Å². The molecule has 0 saturated heterocycles. The summed E-state index contributed by atoms with van der Waals surface area (Å²) in [4.78, 5) is 26.3. The summed E-state index contributed by atoms with van der Waals surface area (Å²) in [5.41, 5.74) is 0.696. The molecule has 0 aliphatic carbocycles. The Labute approximate surface area is 114 Å². The minimum Gasteiger partial charge on any atom is -0.477 e. The first-order chi connectivity index (χ1) is 9.47. The van der Waals surface area contributed by atoms with Crippen LogP contribution in [0.25, 0.3) is 0 Å². The Kier molecular flexibility index (Phi) is 3.74. The van der Waals surface area contributed by atoms with E-state index >= 15 is 0 Å². The molecule has 2 aromatic rings. The summed E-state index contributed by atoms with van der Waals surface area (Å²) in [7, 11) is 0. The highest BCUT2D eigenvalue weighted by Crippen LogP contribution is 2.13. The van der Waals surface area contributed by atoms with Gasteiger partial charge in [-0.25, -0.2) is 14.2 Å². The maximum absolute atomic E-state index is 13.4. The average Bonchev–Trinajstić information content (AvgIpc) is 2.42. The van der Waals surface area contributed by atoms with Gasteiger partial charge in [0.2, 0.25) is 0 Å². The molecule has 5 nitrogen and oxygen atoms in total. The number of carbonyl (C=O) groups excluding carboxylic acids is 1. The number of aromatic carboxylic acids is 1. The van der Waals surface area contributed by atoms with Crippen molar-refractivity contribution in [3.05, 3.63) is 59.2 Å². The predicted octanol–water partition coefficient (Wildman–Crippen LogP) is 2.48. The molecule has 0 saturated carbocycles. The standard InChI is InChI=1S/C14H11FN2O3/c1-8-2-3-9(6-11(8)15)13(18)17-10-4-5-16-12(7-10)14(19)20/h2-7H,1H3,(H,19,20)(H,16,17,18). The number of amides is 1. The number of hydrogen-bond acceptors (Lipinski definition) is 3. The molecule has 2 rings (SSSR count). The van der Waals surface area contributed by atoms with Crippen LogP contribution in [0, 0.1) is 12.7 Å². The van der Waals surface area contributed by atoms with Gasteiger partial charge >= 0.3 is 5.97 Å². The lowest BCUT2D eigenvalue weighted by molar-refractivity contribution is 0.0690. The highest BCUT2D eigenvalue weighted by atomic mass is 19.1. The fourth-order valence-corrected chi connectivity index (χ4v) is 1.56. The lowest BCUT2D eigenvalue weighted by Gasteiger charge is -2.06. The fourth-order valence-electron chi connectivity index (χ4n) is 1.56. The van der Waals surface area contributed by atoms with Crippen molar-refractivity contribution < 1.29 is 19.1 Å². The Morgan fingerprint density at radius 1 is 1.25 bits per heavy atom. The van der Waals surface area contributed by atoms with Crippen molar-refractivity contribution in [3.63, 3.8) is 0 Å². The van der Waals surface area contributed by atoms with Crippen LogP contribution >= 0.6 is 0 Å². The van der Waals surface area contributed by atoms with Crippen LogP contribution < -0.4 is 5.32 Å². The zero-order valence-corrected chi connectivity index (χ0v) is 10.6. The van der Waals surface area contributed by atoms with Crippen LogP contribution in [0.1, 0.15) is 26.4 Å². The molecule has 1 aromatic heterocycles. The third-order valence-corrected chi connectivity index (χ3v) is 2.67. The lowest BCUT2D eigenvalue weighted by atomic mass is 10.1. The van der Waals surface area contributed by atoms with Gasteiger partial charge in [-0.2, -0.15) is 0 Å². The number of nitrogens with zero attached hydrogens (tertiary/aromatic N) is 1. The zero-order chi connectivity index (χ0) is 14.7. The van der Waals surface area contributed by atoms with Gasteiger partial charge in [-0.3, -0.25) is 4.79 Å². The molecule has 1 aromatic carbocycles. The van der Waals surface area contributed by atoms with Crippen LogP contribution in [0.5, 0.6) is 0 Å². The Bertz CT molecular complexity index is 686. The minimum absolute atomic E-state index is 0.154. The van der Waals surface area contributed by atoms with Gasteiger partial charge in [0.05, 0.1) is 0 Å². The first-order valence-electron chi connectivity index (χ1n) is 5.74. The Morgan fingerprint density at radius 3 is 2.65 bits per heavy atom. The summed E-state index contributed by atoms with van der Waals surface area (Å²) in [6.45, 7) is 1.60. The van der Waals surface area contributed by atoms with Crippen molar-refractivity contribution in [2.45, 2.75) is 6.92 Å². The van der Waals surface area contributed by atoms with Crippen molar-refractivity contribution in [1.82, 2.24) is 4.98 Å². The smallest absolute Gasteiger partial charge is 0.354 e. The van der Waals surface area contributed by atoms with E-state index in [1.165, 1.54) is 30.5 Å². The van der Waals surface area contributed by atoms with Crippen molar-refractivity contribution in [2.24, 2.45) is 0 Å². The Hall–Kier alpha value is -2.76. The van der Waals surface area contributed by atoms with Gasteiger partial charge in [-0.1, -0.05) is 6.07 Å². The third kappa shape index (κ3) is 2.97. The minimum atomic E-state index is -1.19. The zero-order valence-electron chi connectivity index (χ0n) is 10.6. The normalized spacial score (nSPS) is 10.1. The van der Waals surface area contributed by atoms with Crippen molar-refractivity contribution in [2.75, 3.05) is 5.32 Å². The van der Waals surface area contributed by atoms with Gasteiger partial charge in [0.1, 0.15) is 11.5 Å². The second kappa shape index (κ2) is 5.48. The van der Waals surface area contributed by atoms with E-state index in [0.29, 0.717) is 5.56 Å². The predicted molar refractivity (Wildman–Crippen MR) is 70.3 cm³/mol. The second-order valence-corrected chi connectivity index (χ2v) is 4.15. The Morgan fingerprint density at radius 2 is 2.00 bits per heavy atom. The number of hydrogen-bond donors (Lipinski definition) is 2. The van der Waals surface area contributed by atoms with E-state index < -0.39 is 17.7 Å². The molecule has 0 fully saturated rings. The maximum atomic E-state index is 13.4. The van der Waals surface area contributed by atoms with Crippen LogP contribution in [-0.2, 0) is 0 Å². The van der Waals surface area contributed by atoms with Crippen LogP contribution in [-0.4, -0.2) is 22.0 Å². The molecule has 2 N–H and O–H groups in total. The number of nitrogens with one attached hydrogen (secondary N) is 1. The van der Waals surface area contributed by atoms with Gasteiger partial charge < -0.3 is 10.4 Å². The van der Waals surface area contributed by atoms with Crippen molar-refractivity contribution >= 4 is 17.6 Å². The molecule has 0 aliphatic rings. The summed E-state index contributed by atoms with van der Waals surface area (Å²) in [6, 6.07) is 6.80. The second-order valence-electron chi connectivity index (χ2n) is 4.15. The van der Waals surface area contributed by atoms with Crippen LogP contribution in [0.4, 0.5) is 10.1 Å². The molecule has 0 radical (unpaired) electrons. The molecular formula is C14H11FN2O3. The molecule has 0 bridgehead atoms. The molecule has 0 atom stereocenters. The molecule has 102 valence electrons. The van der Waals surface area contributed by atoms with Crippen molar-refractivity contribution in [3.8, 4) is 0 Å². The monoisotopic (exact) mass is 274 g/mol. The topological polar surface area (TPSA) is 79.3 Å². The van der Waals surface area contributed by atoms with E-state index in [1.54, 1.807) is 6.92 Å². The van der Waals surface area contributed by atoms with E-state index in [2.05, 4.69) is 10.3 Å². The summed E-state index contributed by atoms with van der Waals surface area (Å²) in [5.74, 6) is -2.19. The van der Waals surface area contributed by atoms with E-state index in [4.69, 9.17) is 5.11 Å². The quantitative estimate of drug-likeness (QED) is 0.901. The maximum Gasteiger partial charge on any atom is 0.354 e. The number of benzene rings is 1. The number of halogens is 1. The van der Waals surface area contributed by atoms with Gasteiger partial charge in [-0.05, 0) is 36.8 Å². The highest BCUT2D eigenvalue weighted by molar-refractivity contribution is 6.04. The first-order valence-corrected chi connectivity index (χ1v) is 5.74. The summed E-state index contributed by atoms with van der Waals surface area (Å²) in [6.07, 6.45) is 1.27. The van der Waals surface area contributed by atoms with E-state index in [0.717, 1.165) is 6.07 Å². The van der Waals surface area contributed by atoms with Crippen LogP contribution in [0.15, 0.2) is 36.5 Å². The van der Waals surface area contributed by atoms with Crippen LogP contribution in [0.2, 0.25) is 0 Å². The molecular weight excluding hydrogens is 263 g/mol. The number of carboxylic acids is 1. The molecule has 6 heteroatoms. The van der Waals surface area contributed by atoms with E-state index in [1.807, 2.05) is 0 Å². The van der Waals surface area contributed by atoms with E-state index in [-0.39, 0.29) is 16.9 Å². The molecule has 1 amide bonds. The first kappa shape index (κ1) is 13.7. The molecule has 1 heterocycles. The van der Waals surface area contributed by atoms with Gasteiger partial charge in [0.15, 0.2) is 0 Å². The summed E-state index contributed by atoms with van der Waals surface area (Å²) < 4.78 is 13.4. The fraction of sp³-hybridized carbons (Fsp3) is 0.0714. The van der Waals surface area contributed by atoms with Gasteiger partial charge in [0.25, 0.3) is 5.91 Å². The number of carbonyl (C=O) groups is 2.